The van der Waals surface area contributed by atoms with Crippen LogP contribution in [0.15, 0.2) is 91.4 Å². The van der Waals surface area contributed by atoms with E-state index >= 15 is 0 Å². The van der Waals surface area contributed by atoms with Gasteiger partial charge in [0, 0.05) is 37.5 Å². The number of benzene rings is 2. The zero-order valence-electron chi connectivity index (χ0n) is 23.2. The van der Waals surface area contributed by atoms with Crippen LogP contribution in [0, 0.1) is 5.92 Å². The number of amides is 3. The average Bonchev–Trinajstić information content (AvgIpc) is 2.97. The number of hydrogen-bond acceptors (Lipinski definition) is 5. The summed E-state index contributed by atoms with van der Waals surface area (Å²) < 4.78 is 42.0. The molecule has 0 radical (unpaired) electrons. The van der Waals surface area contributed by atoms with Crippen LogP contribution in [-0.4, -0.2) is 61.7 Å². The number of alkyl halides is 3. The average molecular weight is 579 g/mol. The van der Waals surface area contributed by atoms with Crippen molar-refractivity contribution in [1.29, 1.82) is 0 Å². The molecule has 0 saturated carbocycles. The van der Waals surface area contributed by atoms with Crippen molar-refractivity contribution in [3.8, 4) is 0 Å². The fraction of sp³-hybridized carbons (Fsp3) is 0.258. The van der Waals surface area contributed by atoms with Gasteiger partial charge in [0.2, 0.25) is 5.91 Å². The molecule has 3 aromatic rings. The molecule has 11 heteroatoms. The second kappa shape index (κ2) is 12.4. The third-order valence-electron chi connectivity index (χ3n) is 6.78. The number of rotatable bonds is 8. The van der Waals surface area contributed by atoms with Crippen molar-refractivity contribution >= 4 is 29.2 Å². The monoisotopic (exact) mass is 578 g/mol. The van der Waals surface area contributed by atoms with Crippen LogP contribution < -0.4 is 0 Å². The van der Waals surface area contributed by atoms with E-state index in [0.717, 1.165) is 11.9 Å². The molecular weight excluding hydrogens is 549 g/mol. The quantitative estimate of drug-likeness (QED) is 0.380. The number of hydrazine groups is 1. The van der Waals surface area contributed by atoms with Gasteiger partial charge in [-0.25, -0.2) is 10.0 Å². The van der Waals surface area contributed by atoms with Crippen LogP contribution in [0.2, 0.25) is 0 Å². The molecular formula is C31H29F3N4O4. The van der Waals surface area contributed by atoms with Crippen LogP contribution in [-0.2, 0) is 20.8 Å². The maximum Gasteiger partial charge on any atom is 0.452 e. The molecule has 0 spiro atoms. The molecule has 0 bridgehead atoms. The van der Waals surface area contributed by atoms with E-state index in [1.807, 2.05) is 0 Å². The lowest BCUT2D eigenvalue weighted by Gasteiger charge is -2.47. The number of pyridine rings is 1. The first-order valence-electron chi connectivity index (χ1n) is 13.2. The Morgan fingerprint density at radius 3 is 2.10 bits per heavy atom. The van der Waals surface area contributed by atoms with Crippen molar-refractivity contribution in [2.45, 2.75) is 45.5 Å². The molecule has 0 saturated heterocycles. The number of carbonyl (C=O) groups excluding carboxylic acids is 4. The number of ketones is 1. The second-order valence-electron chi connectivity index (χ2n) is 10.1. The molecule has 2 atom stereocenters. The predicted octanol–water partition coefficient (Wildman–Crippen LogP) is 4.90. The summed E-state index contributed by atoms with van der Waals surface area (Å²) in [7, 11) is 0. The normalized spacial score (nSPS) is 16.2. The Hall–Kier alpha value is -4.80. The molecule has 0 fully saturated rings. The molecule has 1 aliphatic heterocycles. The van der Waals surface area contributed by atoms with Crippen LogP contribution in [0.5, 0.6) is 0 Å². The third kappa shape index (κ3) is 6.24. The van der Waals surface area contributed by atoms with Crippen molar-refractivity contribution in [3.63, 3.8) is 0 Å². The first-order valence-corrected chi connectivity index (χ1v) is 13.2. The highest BCUT2D eigenvalue weighted by molar-refractivity contribution is 6.03. The predicted molar refractivity (Wildman–Crippen MR) is 148 cm³/mol. The Kier molecular flexibility index (Phi) is 8.89. The fourth-order valence-corrected chi connectivity index (χ4v) is 4.90. The summed E-state index contributed by atoms with van der Waals surface area (Å²) in [5, 5.41) is 1.40. The standard InChI is InChI=1S/C31H29F3N4O4/c1-20(2)27-30(42)38(37(21(3)39)25(28(40)31(32,33)34)17-22-11-6-4-7-12-22)26(23-13-8-5-9-14-23)19-36(27)29(41)24-15-10-16-35-18-24/h4-16,18-20,25,27H,17H2,1-3H3. The van der Waals surface area contributed by atoms with Crippen LogP contribution in [0.1, 0.15) is 42.3 Å². The van der Waals surface area contributed by atoms with E-state index in [0.29, 0.717) is 16.1 Å². The van der Waals surface area contributed by atoms with Gasteiger partial charge >= 0.3 is 6.18 Å². The molecule has 2 aromatic carbocycles. The lowest BCUT2D eigenvalue weighted by molar-refractivity contribution is -0.187. The lowest BCUT2D eigenvalue weighted by atomic mass is 9.96. The lowest BCUT2D eigenvalue weighted by Crippen LogP contribution is -2.64. The van der Waals surface area contributed by atoms with Gasteiger partial charge < -0.3 is 0 Å². The number of halogens is 3. The van der Waals surface area contributed by atoms with Crippen molar-refractivity contribution in [3.05, 3.63) is 108 Å². The summed E-state index contributed by atoms with van der Waals surface area (Å²) in [5.74, 6) is -5.08. The fourth-order valence-electron chi connectivity index (χ4n) is 4.90. The molecule has 218 valence electrons. The number of carbonyl (C=O) groups is 4. The van der Waals surface area contributed by atoms with Gasteiger partial charge in [-0.15, -0.1) is 0 Å². The summed E-state index contributed by atoms with van der Waals surface area (Å²) in [6, 6.07) is 15.9. The zero-order valence-corrected chi connectivity index (χ0v) is 23.2. The molecule has 1 aromatic heterocycles. The SMILES string of the molecule is CC(=O)N(C(Cc1ccccc1)C(=O)C(F)(F)F)N1C(=O)C(C(C)C)N(C(=O)c2cccnc2)C=C1c1ccccc1. The van der Waals surface area contributed by atoms with E-state index in [2.05, 4.69) is 4.98 Å². The Labute approximate surface area is 241 Å². The molecule has 2 unspecified atom stereocenters. The number of hydrogen-bond donors (Lipinski definition) is 0. The van der Waals surface area contributed by atoms with E-state index in [-0.39, 0.29) is 11.3 Å². The van der Waals surface area contributed by atoms with E-state index < -0.39 is 54.1 Å². The first kappa shape index (κ1) is 30.2. The van der Waals surface area contributed by atoms with Gasteiger partial charge in [0.05, 0.1) is 11.3 Å². The molecule has 0 aliphatic carbocycles. The van der Waals surface area contributed by atoms with Crippen molar-refractivity contribution < 1.29 is 32.3 Å². The highest BCUT2D eigenvalue weighted by Crippen LogP contribution is 2.35. The third-order valence-corrected chi connectivity index (χ3v) is 6.78. The molecule has 1 aliphatic rings. The summed E-state index contributed by atoms with van der Waals surface area (Å²) in [4.78, 5) is 59.4. The van der Waals surface area contributed by atoms with Crippen molar-refractivity contribution in [2.24, 2.45) is 5.92 Å². The van der Waals surface area contributed by atoms with Gasteiger partial charge in [0.15, 0.2) is 0 Å². The molecule has 8 nitrogen and oxygen atoms in total. The van der Waals surface area contributed by atoms with Gasteiger partial charge in [-0.05, 0) is 23.6 Å². The van der Waals surface area contributed by atoms with Crippen LogP contribution in [0.25, 0.3) is 5.70 Å². The smallest absolute Gasteiger partial charge is 0.300 e. The summed E-state index contributed by atoms with van der Waals surface area (Å²) in [5.41, 5.74) is 0.833. The molecule has 0 N–H and O–H groups in total. The first-order chi connectivity index (χ1) is 19.9. The Bertz CT molecular complexity index is 1480. The molecule has 4 rings (SSSR count). The Morgan fingerprint density at radius 2 is 1.57 bits per heavy atom. The summed E-state index contributed by atoms with van der Waals surface area (Å²) in [6.45, 7) is 4.34. The van der Waals surface area contributed by atoms with Gasteiger partial charge in [-0.1, -0.05) is 74.5 Å². The zero-order chi connectivity index (χ0) is 30.6. The topological polar surface area (TPSA) is 90.9 Å². The maximum atomic E-state index is 14.4. The van der Waals surface area contributed by atoms with Gasteiger partial charge in [0.1, 0.15) is 12.1 Å². The minimum absolute atomic E-state index is 0.0435. The van der Waals surface area contributed by atoms with Crippen molar-refractivity contribution in [2.75, 3.05) is 0 Å². The maximum absolute atomic E-state index is 14.4. The van der Waals surface area contributed by atoms with Gasteiger partial charge in [0.25, 0.3) is 17.6 Å². The van der Waals surface area contributed by atoms with Crippen molar-refractivity contribution in [1.82, 2.24) is 19.9 Å². The number of nitrogens with zero attached hydrogens (tertiary/aromatic N) is 4. The number of aromatic nitrogens is 1. The largest absolute Gasteiger partial charge is 0.452 e. The minimum Gasteiger partial charge on any atom is -0.300 e. The van der Waals surface area contributed by atoms with Gasteiger partial charge in [-0.3, -0.25) is 29.1 Å². The van der Waals surface area contributed by atoms with Gasteiger partial charge in [-0.2, -0.15) is 13.2 Å². The highest BCUT2D eigenvalue weighted by Gasteiger charge is 2.51. The minimum atomic E-state index is -5.30. The Morgan fingerprint density at radius 1 is 0.952 bits per heavy atom. The second-order valence-corrected chi connectivity index (χ2v) is 10.1. The van der Waals surface area contributed by atoms with E-state index in [9.17, 15) is 32.3 Å². The summed E-state index contributed by atoms with van der Waals surface area (Å²) >= 11 is 0. The summed E-state index contributed by atoms with van der Waals surface area (Å²) in [6.07, 6.45) is -1.64. The van der Waals surface area contributed by atoms with E-state index in [1.54, 1.807) is 68.4 Å². The number of Topliss-reactive ketones (excluding diaryl/α,β-unsaturated/α-hetero) is 1. The van der Waals surface area contributed by atoms with Crippen LogP contribution >= 0.6 is 0 Å². The molecule has 42 heavy (non-hydrogen) atoms. The molecule has 3 amide bonds. The van der Waals surface area contributed by atoms with Crippen LogP contribution in [0.3, 0.4) is 0 Å². The molecule has 2 heterocycles. The van der Waals surface area contributed by atoms with E-state index in [4.69, 9.17) is 0 Å². The van der Waals surface area contributed by atoms with E-state index in [1.165, 1.54) is 41.7 Å². The highest BCUT2D eigenvalue weighted by atomic mass is 19.4. The van der Waals surface area contributed by atoms with Crippen LogP contribution in [0.4, 0.5) is 13.2 Å². The Balaban J connectivity index is 1.95.